The third-order valence-corrected chi connectivity index (χ3v) is 5.62. The molecule has 0 spiro atoms. The number of benzene rings is 1. The minimum Gasteiger partial charge on any atom is -0.444 e. The molecule has 1 aromatic heterocycles. The summed E-state index contributed by atoms with van der Waals surface area (Å²) in [5.74, 6) is 2.91. The molecule has 1 aliphatic rings. The summed E-state index contributed by atoms with van der Waals surface area (Å²) >= 11 is 0. The smallest absolute Gasteiger partial charge is 0.208 e. The quantitative estimate of drug-likeness (QED) is 0.337. The molecule has 1 aromatic carbocycles. The fourth-order valence-corrected chi connectivity index (χ4v) is 3.54. The number of aliphatic imine (C=N–C) groups is 1. The maximum absolute atomic E-state index is 13.7. The van der Waals surface area contributed by atoms with Gasteiger partial charge in [0.25, 0.3) is 0 Å². The highest BCUT2D eigenvalue weighted by molar-refractivity contribution is 14.0. The van der Waals surface area contributed by atoms with Crippen LogP contribution in [-0.2, 0) is 13.1 Å². The molecule has 2 N–H and O–H groups in total. The molecule has 0 bridgehead atoms. The molecule has 0 atom stereocenters. The van der Waals surface area contributed by atoms with Gasteiger partial charge in [0.2, 0.25) is 5.89 Å². The van der Waals surface area contributed by atoms with E-state index in [0.717, 1.165) is 67.9 Å². The number of hydrogen-bond acceptors (Lipinski definition) is 4. The molecule has 3 rings (SSSR count). The first-order chi connectivity index (χ1) is 13.9. The average molecular weight is 529 g/mol. The van der Waals surface area contributed by atoms with E-state index in [9.17, 15) is 4.39 Å². The van der Waals surface area contributed by atoms with Crippen LogP contribution in [0.1, 0.15) is 41.3 Å². The number of hydrogen-bond donors (Lipinski definition) is 2. The van der Waals surface area contributed by atoms with Crippen molar-refractivity contribution in [2.75, 3.05) is 26.7 Å². The second-order valence-electron chi connectivity index (χ2n) is 7.86. The van der Waals surface area contributed by atoms with Gasteiger partial charge in [-0.25, -0.2) is 9.37 Å². The van der Waals surface area contributed by atoms with Crippen LogP contribution >= 0.6 is 24.0 Å². The number of aryl methyl sites for hydroxylation is 3. The molecule has 1 saturated heterocycles. The van der Waals surface area contributed by atoms with Crippen LogP contribution in [0.15, 0.2) is 27.6 Å². The Morgan fingerprint density at radius 1 is 1.23 bits per heavy atom. The highest BCUT2D eigenvalue weighted by Gasteiger charge is 2.21. The largest absolute Gasteiger partial charge is 0.444 e. The highest BCUT2D eigenvalue weighted by Crippen LogP contribution is 2.19. The van der Waals surface area contributed by atoms with E-state index in [4.69, 9.17) is 4.42 Å². The molecule has 2 heterocycles. The molecular weight excluding hydrogens is 496 g/mol. The SMILES string of the molecule is CN=C(NCc1ccc(C)c(F)c1)NCC1CCN(Cc2nc(C)c(C)o2)CC1.I. The minimum absolute atomic E-state index is 0. The first kappa shape index (κ1) is 24.6. The Morgan fingerprint density at radius 2 is 1.97 bits per heavy atom. The second-order valence-corrected chi connectivity index (χ2v) is 7.86. The summed E-state index contributed by atoms with van der Waals surface area (Å²) in [7, 11) is 1.76. The number of aromatic nitrogens is 1. The Bertz CT molecular complexity index is 827. The Labute approximate surface area is 195 Å². The Kier molecular flexibility index (Phi) is 9.54. The predicted molar refractivity (Wildman–Crippen MR) is 129 cm³/mol. The zero-order valence-corrected chi connectivity index (χ0v) is 20.6. The molecule has 1 fully saturated rings. The van der Waals surface area contributed by atoms with E-state index < -0.39 is 0 Å². The van der Waals surface area contributed by atoms with E-state index >= 15 is 0 Å². The van der Waals surface area contributed by atoms with E-state index in [1.54, 1.807) is 26.1 Å². The number of nitrogens with one attached hydrogen (secondary N) is 2. The minimum atomic E-state index is -0.172. The standard InChI is InChI=1S/C22H32FN5O.HI/c1-15-5-6-19(11-20(15)23)13-26-22(24-4)25-12-18-7-9-28(10-8-18)14-21-27-16(2)17(3)29-21;/h5-6,11,18H,7-10,12-14H2,1-4H3,(H2,24,25,26);1H. The van der Waals surface area contributed by atoms with Crippen molar-refractivity contribution in [3.63, 3.8) is 0 Å². The number of piperidine rings is 1. The van der Waals surface area contributed by atoms with Crippen LogP contribution in [0, 0.1) is 32.5 Å². The van der Waals surface area contributed by atoms with Gasteiger partial charge in [0.05, 0.1) is 12.2 Å². The van der Waals surface area contributed by atoms with Gasteiger partial charge in [-0.2, -0.15) is 0 Å². The molecule has 0 unspecified atom stereocenters. The van der Waals surface area contributed by atoms with Crippen molar-refractivity contribution in [2.24, 2.45) is 10.9 Å². The summed E-state index contributed by atoms with van der Waals surface area (Å²) in [5.41, 5.74) is 2.54. The van der Waals surface area contributed by atoms with Gasteiger partial charge in [-0.15, -0.1) is 24.0 Å². The lowest BCUT2D eigenvalue weighted by Crippen LogP contribution is -2.42. The van der Waals surface area contributed by atoms with Gasteiger partial charge in [-0.05, 0) is 69.8 Å². The number of guanidine groups is 1. The molecule has 0 aliphatic carbocycles. The van der Waals surface area contributed by atoms with Crippen LogP contribution in [-0.4, -0.2) is 42.5 Å². The Balaban J connectivity index is 0.00000320. The number of rotatable bonds is 6. The topological polar surface area (TPSA) is 65.7 Å². The van der Waals surface area contributed by atoms with Crippen molar-refractivity contribution in [1.29, 1.82) is 0 Å². The molecule has 0 amide bonds. The molecule has 0 saturated carbocycles. The zero-order valence-electron chi connectivity index (χ0n) is 18.3. The zero-order chi connectivity index (χ0) is 20.8. The van der Waals surface area contributed by atoms with Crippen LogP contribution in [0.25, 0.3) is 0 Å². The van der Waals surface area contributed by atoms with Gasteiger partial charge < -0.3 is 15.1 Å². The molecule has 30 heavy (non-hydrogen) atoms. The van der Waals surface area contributed by atoms with E-state index in [0.29, 0.717) is 18.0 Å². The maximum atomic E-state index is 13.7. The Morgan fingerprint density at radius 3 is 2.57 bits per heavy atom. The van der Waals surface area contributed by atoms with Crippen LogP contribution in [0.5, 0.6) is 0 Å². The lowest BCUT2D eigenvalue weighted by atomic mass is 9.97. The second kappa shape index (κ2) is 11.6. The predicted octanol–water partition coefficient (Wildman–Crippen LogP) is 3.93. The first-order valence-electron chi connectivity index (χ1n) is 10.3. The van der Waals surface area contributed by atoms with Gasteiger partial charge in [0.1, 0.15) is 11.6 Å². The fraction of sp³-hybridized carbons (Fsp3) is 0.545. The molecule has 0 radical (unpaired) electrons. The molecule has 166 valence electrons. The molecule has 8 heteroatoms. The number of nitrogens with zero attached hydrogens (tertiary/aromatic N) is 3. The summed E-state index contributed by atoms with van der Waals surface area (Å²) in [5, 5.41) is 6.67. The number of oxazole rings is 1. The van der Waals surface area contributed by atoms with Crippen LogP contribution in [0.4, 0.5) is 4.39 Å². The van der Waals surface area contributed by atoms with E-state index in [2.05, 4.69) is 25.5 Å². The van der Waals surface area contributed by atoms with E-state index in [1.165, 1.54) is 0 Å². The summed E-state index contributed by atoms with van der Waals surface area (Å²) in [6.07, 6.45) is 2.26. The lowest BCUT2D eigenvalue weighted by molar-refractivity contribution is 0.164. The van der Waals surface area contributed by atoms with E-state index in [-0.39, 0.29) is 29.8 Å². The Hall–Kier alpha value is -1.68. The third-order valence-electron chi connectivity index (χ3n) is 5.62. The van der Waals surface area contributed by atoms with Crippen LogP contribution in [0.2, 0.25) is 0 Å². The van der Waals surface area contributed by atoms with Gasteiger partial charge >= 0.3 is 0 Å². The normalized spacial score (nSPS) is 15.7. The number of halogens is 2. The summed E-state index contributed by atoms with van der Waals surface area (Å²) < 4.78 is 19.4. The summed E-state index contributed by atoms with van der Waals surface area (Å²) in [6.45, 7) is 10.0. The van der Waals surface area contributed by atoms with Crippen molar-refractivity contribution >= 4 is 29.9 Å². The van der Waals surface area contributed by atoms with Gasteiger partial charge in [0, 0.05) is 20.1 Å². The van der Waals surface area contributed by atoms with Crippen molar-refractivity contribution in [2.45, 2.75) is 46.7 Å². The van der Waals surface area contributed by atoms with Crippen LogP contribution in [0.3, 0.4) is 0 Å². The van der Waals surface area contributed by atoms with Crippen molar-refractivity contribution in [3.8, 4) is 0 Å². The first-order valence-corrected chi connectivity index (χ1v) is 10.3. The van der Waals surface area contributed by atoms with Crippen molar-refractivity contribution in [1.82, 2.24) is 20.5 Å². The average Bonchev–Trinajstić information content (AvgIpc) is 3.02. The third kappa shape index (κ3) is 6.94. The monoisotopic (exact) mass is 529 g/mol. The number of likely N-dealkylation sites (tertiary alicyclic amines) is 1. The van der Waals surface area contributed by atoms with Crippen molar-refractivity contribution in [3.05, 3.63) is 52.5 Å². The molecular formula is C22H33FIN5O. The maximum Gasteiger partial charge on any atom is 0.208 e. The highest BCUT2D eigenvalue weighted by atomic mass is 127. The molecule has 6 nitrogen and oxygen atoms in total. The summed E-state index contributed by atoms with van der Waals surface area (Å²) in [6, 6.07) is 5.31. The summed E-state index contributed by atoms with van der Waals surface area (Å²) in [4.78, 5) is 11.2. The van der Waals surface area contributed by atoms with Crippen molar-refractivity contribution < 1.29 is 8.81 Å². The van der Waals surface area contributed by atoms with Gasteiger partial charge in [0.15, 0.2) is 5.96 Å². The van der Waals surface area contributed by atoms with Gasteiger partial charge in [-0.3, -0.25) is 9.89 Å². The van der Waals surface area contributed by atoms with Gasteiger partial charge in [-0.1, -0.05) is 12.1 Å². The molecule has 1 aliphatic heterocycles. The fourth-order valence-electron chi connectivity index (χ4n) is 3.54. The van der Waals surface area contributed by atoms with E-state index in [1.807, 2.05) is 19.9 Å². The molecule has 2 aromatic rings. The van der Waals surface area contributed by atoms with Crippen LogP contribution < -0.4 is 10.6 Å². The lowest BCUT2D eigenvalue weighted by Gasteiger charge is -2.31.